The van der Waals surface area contributed by atoms with E-state index in [9.17, 15) is 13.2 Å². The van der Waals surface area contributed by atoms with Crippen molar-refractivity contribution in [2.24, 2.45) is 0 Å². The van der Waals surface area contributed by atoms with E-state index in [1.807, 2.05) is 35.0 Å². The number of hydrogen-bond donors (Lipinski definition) is 0. The van der Waals surface area contributed by atoms with Crippen molar-refractivity contribution < 1.29 is 13.2 Å². The summed E-state index contributed by atoms with van der Waals surface area (Å²) in [5.41, 5.74) is 0.609. The Morgan fingerprint density at radius 1 is 0.931 bits per heavy atom. The summed E-state index contributed by atoms with van der Waals surface area (Å²) in [5, 5.41) is 14.2. The van der Waals surface area contributed by atoms with Gasteiger partial charge in [0, 0.05) is 48.3 Å². The fraction of sp³-hybridized carbons (Fsp3) is 0.100. The second kappa shape index (κ2) is 6.69. The lowest BCUT2D eigenvalue weighted by Crippen LogP contribution is -2.07. The number of hydrogen-bond acceptors (Lipinski definition) is 4. The number of aromatic nitrogens is 6. The minimum absolute atomic E-state index is 0.121. The molecule has 0 fully saturated rings. The molecule has 9 heteroatoms. The smallest absolute Gasteiger partial charge is 0.191 e. The van der Waals surface area contributed by atoms with Crippen LogP contribution in [-0.2, 0) is 13.0 Å². The molecule has 3 heterocycles. The number of rotatable bonds is 4. The third kappa shape index (κ3) is 2.91. The number of halogens is 3. The summed E-state index contributed by atoms with van der Waals surface area (Å²) in [6, 6.07) is 8.72. The molecule has 5 aromatic rings. The summed E-state index contributed by atoms with van der Waals surface area (Å²) < 4.78 is 45.2. The van der Waals surface area contributed by atoms with Crippen molar-refractivity contribution in [3.05, 3.63) is 78.3 Å². The molecule has 0 amide bonds. The molecule has 2 aromatic carbocycles. The Hall–Kier alpha value is -3.75. The molecule has 0 radical (unpaired) electrons. The van der Waals surface area contributed by atoms with Crippen LogP contribution in [0, 0.1) is 17.5 Å². The molecule has 0 unspecified atom stereocenters. The van der Waals surface area contributed by atoms with E-state index in [1.165, 1.54) is 4.52 Å². The van der Waals surface area contributed by atoms with Crippen LogP contribution in [0.5, 0.6) is 0 Å². The third-order valence-corrected chi connectivity index (χ3v) is 4.74. The van der Waals surface area contributed by atoms with Crippen LogP contribution >= 0.6 is 0 Å². The molecule has 3 aromatic heterocycles. The highest BCUT2D eigenvalue weighted by Gasteiger charge is 2.21. The van der Waals surface area contributed by atoms with E-state index in [1.54, 1.807) is 12.5 Å². The maximum atomic E-state index is 14.4. The fourth-order valence-corrected chi connectivity index (χ4v) is 3.40. The average molecular weight is 394 g/mol. The molecule has 29 heavy (non-hydrogen) atoms. The quantitative estimate of drug-likeness (QED) is 0.465. The molecule has 0 spiro atoms. The van der Waals surface area contributed by atoms with E-state index in [0.717, 1.165) is 10.8 Å². The fourth-order valence-electron chi connectivity index (χ4n) is 3.40. The van der Waals surface area contributed by atoms with Crippen molar-refractivity contribution in [3.8, 4) is 11.4 Å². The highest BCUT2D eigenvalue weighted by molar-refractivity contribution is 5.95. The Labute approximate surface area is 162 Å². The Kier molecular flexibility index (Phi) is 4.01. The standard InChI is InChI=1S/C20H13F3N6/c21-12-9-15(22)18(16(23)10-12)20-26-25-19-14-4-2-1-3-13(14)17(27-29(19)20)5-7-28-8-6-24-11-28/h1-4,6,8-11H,5,7H2. The molecule has 0 aliphatic heterocycles. The lowest BCUT2D eigenvalue weighted by molar-refractivity contribution is 0.546. The van der Waals surface area contributed by atoms with Crippen molar-refractivity contribution >= 4 is 16.4 Å². The van der Waals surface area contributed by atoms with Gasteiger partial charge in [-0.15, -0.1) is 10.2 Å². The van der Waals surface area contributed by atoms with Gasteiger partial charge in [-0.05, 0) is 0 Å². The summed E-state index contributed by atoms with van der Waals surface area (Å²) in [7, 11) is 0. The van der Waals surface area contributed by atoms with Gasteiger partial charge in [0.25, 0.3) is 0 Å². The highest BCUT2D eigenvalue weighted by atomic mass is 19.1. The lowest BCUT2D eigenvalue weighted by atomic mass is 10.1. The number of imidazole rings is 1. The molecule has 0 atom stereocenters. The van der Waals surface area contributed by atoms with Gasteiger partial charge in [-0.1, -0.05) is 24.3 Å². The van der Waals surface area contributed by atoms with E-state index in [4.69, 9.17) is 0 Å². The van der Waals surface area contributed by atoms with Crippen molar-refractivity contribution in [2.45, 2.75) is 13.0 Å². The maximum Gasteiger partial charge on any atom is 0.191 e. The molecule has 5 rings (SSSR count). The van der Waals surface area contributed by atoms with Gasteiger partial charge >= 0.3 is 0 Å². The van der Waals surface area contributed by atoms with Crippen molar-refractivity contribution in [1.82, 2.24) is 29.4 Å². The number of fused-ring (bicyclic) bond motifs is 3. The van der Waals surface area contributed by atoms with Gasteiger partial charge in [0.1, 0.15) is 17.5 Å². The largest absolute Gasteiger partial charge is 0.337 e. The Morgan fingerprint density at radius 3 is 2.41 bits per heavy atom. The Morgan fingerprint density at radius 2 is 1.69 bits per heavy atom. The van der Waals surface area contributed by atoms with Gasteiger partial charge < -0.3 is 4.57 Å². The van der Waals surface area contributed by atoms with Gasteiger partial charge in [0.05, 0.1) is 17.6 Å². The van der Waals surface area contributed by atoms with Crippen molar-refractivity contribution in [1.29, 1.82) is 0 Å². The van der Waals surface area contributed by atoms with Gasteiger partial charge in [-0.2, -0.15) is 9.61 Å². The first-order valence-corrected chi connectivity index (χ1v) is 8.85. The molecule has 0 saturated heterocycles. The first-order chi connectivity index (χ1) is 14.1. The van der Waals surface area contributed by atoms with Crippen LogP contribution in [0.1, 0.15) is 5.69 Å². The minimum Gasteiger partial charge on any atom is -0.337 e. The average Bonchev–Trinajstić information content (AvgIpc) is 3.36. The SMILES string of the molecule is Fc1cc(F)c(-c2nnc3c4ccccc4c(CCn4ccnc4)nn23)c(F)c1. The second-order valence-electron chi connectivity index (χ2n) is 6.55. The number of nitrogens with zero attached hydrogens (tertiary/aromatic N) is 6. The molecule has 0 bridgehead atoms. The minimum atomic E-state index is -1.06. The monoisotopic (exact) mass is 394 g/mol. The Balaban J connectivity index is 1.72. The summed E-state index contributed by atoms with van der Waals surface area (Å²) in [6.45, 7) is 0.624. The lowest BCUT2D eigenvalue weighted by Gasteiger charge is -2.09. The molecule has 0 N–H and O–H groups in total. The summed E-state index contributed by atoms with van der Waals surface area (Å²) in [4.78, 5) is 4.02. The van der Waals surface area contributed by atoms with Crippen LogP contribution in [0.2, 0.25) is 0 Å². The first-order valence-electron chi connectivity index (χ1n) is 8.85. The molecular formula is C20H13F3N6. The van der Waals surface area contributed by atoms with E-state index in [-0.39, 0.29) is 5.82 Å². The van der Waals surface area contributed by atoms with Gasteiger partial charge in [-0.3, -0.25) is 0 Å². The van der Waals surface area contributed by atoms with Gasteiger partial charge in [0.2, 0.25) is 0 Å². The topological polar surface area (TPSA) is 60.9 Å². The number of benzene rings is 2. The molecule has 0 aliphatic rings. The molecule has 0 saturated carbocycles. The maximum absolute atomic E-state index is 14.4. The van der Waals surface area contributed by atoms with Crippen LogP contribution in [0.4, 0.5) is 13.2 Å². The zero-order valence-corrected chi connectivity index (χ0v) is 14.9. The van der Waals surface area contributed by atoms with E-state index in [0.29, 0.717) is 36.4 Å². The summed E-state index contributed by atoms with van der Waals surface area (Å²) in [5.74, 6) is -3.25. The van der Waals surface area contributed by atoms with Crippen LogP contribution in [0.25, 0.3) is 27.8 Å². The predicted molar refractivity (Wildman–Crippen MR) is 99.5 cm³/mol. The van der Waals surface area contributed by atoms with Crippen LogP contribution in [0.15, 0.2) is 55.1 Å². The van der Waals surface area contributed by atoms with Crippen LogP contribution < -0.4 is 0 Å². The third-order valence-electron chi connectivity index (χ3n) is 4.74. The van der Waals surface area contributed by atoms with Crippen LogP contribution in [0.3, 0.4) is 0 Å². The van der Waals surface area contributed by atoms with Crippen molar-refractivity contribution in [2.75, 3.05) is 0 Å². The summed E-state index contributed by atoms with van der Waals surface area (Å²) >= 11 is 0. The normalized spacial score (nSPS) is 11.6. The summed E-state index contributed by atoms with van der Waals surface area (Å²) in [6.07, 6.45) is 5.79. The van der Waals surface area contributed by atoms with Crippen LogP contribution in [-0.4, -0.2) is 29.4 Å². The Bertz CT molecular complexity index is 1320. The van der Waals surface area contributed by atoms with Gasteiger partial charge in [-0.25, -0.2) is 18.2 Å². The zero-order valence-electron chi connectivity index (χ0n) is 14.9. The molecule has 144 valence electrons. The zero-order chi connectivity index (χ0) is 20.0. The number of aryl methyl sites for hydroxylation is 2. The van der Waals surface area contributed by atoms with Crippen molar-refractivity contribution in [3.63, 3.8) is 0 Å². The molecular weight excluding hydrogens is 381 g/mol. The van der Waals surface area contributed by atoms with Gasteiger partial charge in [0.15, 0.2) is 11.5 Å². The molecule has 6 nitrogen and oxygen atoms in total. The molecule has 0 aliphatic carbocycles. The highest BCUT2D eigenvalue weighted by Crippen LogP contribution is 2.29. The first kappa shape index (κ1) is 17.4. The van der Waals surface area contributed by atoms with E-state index >= 15 is 0 Å². The second-order valence-corrected chi connectivity index (χ2v) is 6.55. The predicted octanol–water partition coefficient (Wildman–Crippen LogP) is 3.80. The van der Waals surface area contributed by atoms with E-state index in [2.05, 4.69) is 20.3 Å². The van der Waals surface area contributed by atoms with E-state index < -0.39 is 23.0 Å².